The second kappa shape index (κ2) is 4.63. The maximum Gasteiger partial charge on any atom is 0.0603 e. The smallest absolute Gasteiger partial charge is 0.0603 e. The SMILES string of the molecule is CN(CCC(C)(C)O)C1CC2CCC(C1)N2. The van der Waals surface area contributed by atoms with Crippen LogP contribution in [-0.4, -0.2) is 47.3 Å². The fraction of sp³-hybridized carbons (Fsp3) is 1.00. The van der Waals surface area contributed by atoms with E-state index >= 15 is 0 Å². The molecule has 2 unspecified atom stereocenters. The average molecular weight is 226 g/mol. The lowest BCUT2D eigenvalue weighted by atomic mass is 9.97. The molecular formula is C13H26N2O. The fourth-order valence-corrected chi connectivity index (χ4v) is 3.02. The molecule has 2 bridgehead atoms. The van der Waals surface area contributed by atoms with E-state index in [1.165, 1.54) is 25.7 Å². The molecule has 0 aromatic heterocycles. The summed E-state index contributed by atoms with van der Waals surface area (Å²) in [4.78, 5) is 2.45. The number of piperidine rings is 1. The quantitative estimate of drug-likeness (QED) is 0.760. The van der Waals surface area contributed by atoms with E-state index in [-0.39, 0.29) is 0 Å². The van der Waals surface area contributed by atoms with Gasteiger partial charge in [-0.3, -0.25) is 0 Å². The summed E-state index contributed by atoms with van der Waals surface area (Å²) in [6.45, 7) is 4.80. The highest BCUT2D eigenvalue weighted by Crippen LogP contribution is 2.29. The van der Waals surface area contributed by atoms with Gasteiger partial charge in [-0.25, -0.2) is 0 Å². The van der Waals surface area contributed by atoms with Gasteiger partial charge in [-0.2, -0.15) is 0 Å². The average Bonchev–Trinajstić information content (AvgIpc) is 2.53. The molecule has 2 heterocycles. The van der Waals surface area contributed by atoms with Crippen LogP contribution in [0.3, 0.4) is 0 Å². The molecule has 2 atom stereocenters. The first-order valence-corrected chi connectivity index (χ1v) is 6.63. The van der Waals surface area contributed by atoms with Crippen molar-refractivity contribution in [3.63, 3.8) is 0 Å². The van der Waals surface area contributed by atoms with Gasteiger partial charge < -0.3 is 15.3 Å². The number of hydrogen-bond donors (Lipinski definition) is 2. The van der Waals surface area contributed by atoms with Crippen LogP contribution in [0.25, 0.3) is 0 Å². The first kappa shape index (κ1) is 12.3. The summed E-state index contributed by atoms with van der Waals surface area (Å²) in [5.74, 6) is 0. The maximum absolute atomic E-state index is 9.74. The molecule has 0 radical (unpaired) electrons. The van der Waals surface area contributed by atoms with Crippen molar-refractivity contribution in [1.82, 2.24) is 10.2 Å². The molecule has 16 heavy (non-hydrogen) atoms. The highest BCUT2D eigenvalue weighted by atomic mass is 16.3. The topological polar surface area (TPSA) is 35.5 Å². The van der Waals surface area contributed by atoms with Crippen molar-refractivity contribution in [2.75, 3.05) is 13.6 Å². The molecule has 0 amide bonds. The highest BCUT2D eigenvalue weighted by molar-refractivity contribution is 4.95. The molecule has 2 fully saturated rings. The lowest BCUT2D eigenvalue weighted by molar-refractivity contribution is 0.0513. The lowest BCUT2D eigenvalue weighted by Gasteiger charge is -2.36. The minimum atomic E-state index is -0.528. The molecule has 0 spiro atoms. The lowest BCUT2D eigenvalue weighted by Crippen LogP contribution is -2.47. The molecule has 0 aromatic rings. The minimum absolute atomic E-state index is 0.528. The maximum atomic E-state index is 9.74. The van der Waals surface area contributed by atoms with Crippen molar-refractivity contribution >= 4 is 0 Å². The first-order valence-electron chi connectivity index (χ1n) is 6.63. The van der Waals surface area contributed by atoms with Gasteiger partial charge in [0.15, 0.2) is 0 Å². The third-order valence-corrected chi connectivity index (χ3v) is 4.15. The molecule has 0 aromatic carbocycles. The summed E-state index contributed by atoms with van der Waals surface area (Å²) in [7, 11) is 2.21. The van der Waals surface area contributed by atoms with Gasteiger partial charge in [0.05, 0.1) is 5.60 Å². The van der Waals surface area contributed by atoms with Gasteiger partial charge in [-0.15, -0.1) is 0 Å². The predicted octanol–water partition coefficient (Wildman–Crippen LogP) is 1.36. The van der Waals surface area contributed by atoms with Crippen LogP contribution in [0.2, 0.25) is 0 Å². The number of rotatable bonds is 4. The summed E-state index contributed by atoms with van der Waals surface area (Å²) >= 11 is 0. The van der Waals surface area contributed by atoms with Crippen molar-refractivity contribution in [3.8, 4) is 0 Å². The largest absolute Gasteiger partial charge is 0.390 e. The minimum Gasteiger partial charge on any atom is -0.390 e. The Bertz CT molecular complexity index is 225. The molecule has 94 valence electrons. The summed E-state index contributed by atoms with van der Waals surface area (Å²) in [5, 5.41) is 13.4. The molecule has 0 saturated carbocycles. The second-order valence-electron chi connectivity index (χ2n) is 6.31. The van der Waals surface area contributed by atoms with Gasteiger partial charge in [0.25, 0.3) is 0 Å². The standard InChI is InChI=1S/C13H26N2O/c1-13(2,16)6-7-15(3)12-8-10-4-5-11(9-12)14-10/h10-12,14,16H,4-9H2,1-3H3. The molecule has 2 aliphatic heterocycles. The van der Waals surface area contributed by atoms with Crippen LogP contribution in [0.4, 0.5) is 0 Å². The second-order valence-corrected chi connectivity index (χ2v) is 6.31. The van der Waals surface area contributed by atoms with E-state index in [0.29, 0.717) is 0 Å². The first-order chi connectivity index (χ1) is 7.44. The van der Waals surface area contributed by atoms with E-state index in [4.69, 9.17) is 0 Å². The van der Waals surface area contributed by atoms with Crippen LogP contribution >= 0.6 is 0 Å². The van der Waals surface area contributed by atoms with Gasteiger partial charge in [-0.05, 0) is 53.0 Å². The zero-order valence-electron chi connectivity index (χ0n) is 10.9. The summed E-state index contributed by atoms with van der Waals surface area (Å²) in [5.41, 5.74) is -0.528. The monoisotopic (exact) mass is 226 g/mol. The fourth-order valence-electron chi connectivity index (χ4n) is 3.02. The molecule has 0 aliphatic carbocycles. The van der Waals surface area contributed by atoms with Crippen LogP contribution in [0.15, 0.2) is 0 Å². The Balaban J connectivity index is 1.79. The molecule has 2 saturated heterocycles. The van der Waals surface area contributed by atoms with Crippen LogP contribution in [0, 0.1) is 0 Å². The number of hydrogen-bond acceptors (Lipinski definition) is 3. The van der Waals surface area contributed by atoms with Crippen LogP contribution < -0.4 is 5.32 Å². The van der Waals surface area contributed by atoms with E-state index in [9.17, 15) is 5.11 Å². The van der Waals surface area contributed by atoms with Crippen molar-refractivity contribution in [2.45, 2.75) is 69.7 Å². The Morgan fingerprint density at radius 1 is 1.25 bits per heavy atom. The Labute approximate surface area is 99.2 Å². The third-order valence-electron chi connectivity index (χ3n) is 4.15. The zero-order valence-corrected chi connectivity index (χ0v) is 10.9. The molecule has 3 heteroatoms. The zero-order chi connectivity index (χ0) is 11.8. The van der Waals surface area contributed by atoms with Gasteiger partial charge >= 0.3 is 0 Å². The van der Waals surface area contributed by atoms with Crippen molar-refractivity contribution in [2.24, 2.45) is 0 Å². The van der Waals surface area contributed by atoms with Gasteiger partial charge in [-0.1, -0.05) is 0 Å². The molecule has 2 aliphatic rings. The van der Waals surface area contributed by atoms with Crippen molar-refractivity contribution in [1.29, 1.82) is 0 Å². The highest BCUT2D eigenvalue weighted by Gasteiger charge is 2.35. The number of aliphatic hydroxyl groups is 1. The van der Waals surface area contributed by atoms with E-state index in [0.717, 1.165) is 31.1 Å². The van der Waals surface area contributed by atoms with E-state index < -0.39 is 5.60 Å². The Morgan fingerprint density at radius 2 is 1.81 bits per heavy atom. The van der Waals surface area contributed by atoms with Crippen LogP contribution in [-0.2, 0) is 0 Å². The number of fused-ring (bicyclic) bond motifs is 2. The van der Waals surface area contributed by atoms with Crippen molar-refractivity contribution < 1.29 is 5.11 Å². The van der Waals surface area contributed by atoms with Crippen LogP contribution in [0.5, 0.6) is 0 Å². The molecule has 2 N–H and O–H groups in total. The van der Waals surface area contributed by atoms with Crippen LogP contribution in [0.1, 0.15) is 46.0 Å². The van der Waals surface area contributed by atoms with E-state index in [2.05, 4.69) is 17.3 Å². The van der Waals surface area contributed by atoms with E-state index in [1.807, 2.05) is 13.8 Å². The van der Waals surface area contributed by atoms with Gasteiger partial charge in [0.2, 0.25) is 0 Å². The summed E-state index contributed by atoms with van der Waals surface area (Å²) in [6, 6.07) is 2.24. The third kappa shape index (κ3) is 3.19. The summed E-state index contributed by atoms with van der Waals surface area (Å²) < 4.78 is 0. The van der Waals surface area contributed by atoms with E-state index in [1.54, 1.807) is 0 Å². The predicted molar refractivity (Wildman–Crippen MR) is 66.5 cm³/mol. The Hall–Kier alpha value is -0.120. The molecular weight excluding hydrogens is 200 g/mol. The van der Waals surface area contributed by atoms with Crippen molar-refractivity contribution in [3.05, 3.63) is 0 Å². The Kier molecular flexibility index (Phi) is 3.57. The molecule has 3 nitrogen and oxygen atoms in total. The number of nitrogens with one attached hydrogen (secondary N) is 1. The van der Waals surface area contributed by atoms with Gasteiger partial charge in [0, 0.05) is 24.7 Å². The molecule has 2 rings (SSSR count). The number of nitrogens with zero attached hydrogens (tertiary/aromatic N) is 1. The van der Waals surface area contributed by atoms with Gasteiger partial charge in [0.1, 0.15) is 0 Å². The Morgan fingerprint density at radius 3 is 2.31 bits per heavy atom. The normalized spacial score (nSPS) is 34.7. The summed E-state index contributed by atoms with van der Waals surface area (Å²) in [6.07, 6.45) is 6.17.